The van der Waals surface area contributed by atoms with Gasteiger partial charge < -0.3 is 9.47 Å². The molecule has 0 atom stereocenters. The summed E-state index contributed by atoms with van der Waals surface area (Å²) in [5.74, 6) is 1.34. The Morgan fingerprint density at radius 2 is 1.23 bits per heavy atom. The largest absolute Gasteiger partial charge is 0.443 e. The van der Waals surface area contributed by atoms with Crippen molar-refractivity contribution in [2.75, 3.05) is 22.9 Å². The van der Waals surface area contributed by atoms with E-state index in [1.165, 1.54) is 0 Å². The maximum Gasteiger partial charge on any atom is 0.416 e. The first-order valence-corrected chi connectivity index (χ1v) is 15.9. The van der Waals surface area contributed by atoms with Gasteiger partial charge in [0.1, 0.15) is 28.0 Å². The van der Waals surface area contributed by atoms with Crippen molar-refractivity contribution in [2.24, 2.45) is 0 Å². The van der Waals surface area contributed by atoms with Gasteiger partial charge in [-0.1, -0.05) is 47.5 Å². The molecule has 4 heterocycles. The number of nitrogens with zero attached hydrogens (tertiary/aromatic N) is 4. The Labute approximate surface area is 270 Å². The first kappa shape index (κ1) is 33.5. The number of fused-ring (bicyclic) bond motifs is 2. The number of hydrogen-bond acceptors (Lipinski definition) is 6. The van der Waals surface area contributed by atoms with Crippen molar-refractivity contribution in [3.05, 3.63) is 69.8 Å². The average Bonchev–Trinajstić information content (AvgIpc) is 3.27. The molecular weight excluding hydrogens is 599 g/mol. The normalized spacial score (nSPS) is 15.1. The van der Waals surface area contributed by atoms with Crippen LogP contribution in [0.15, 0.2) is 48.5 Å². The van der Waals surface area contributed by atoms with Crippen LogP contribution in [0.5, 0.6) is 0 Å². The fourth-order valence-electron chi connectivity index (χ4n) is 4.97. The third-order valence-corrected chi connectivity index (χ3v) is 7.34. The highest BCUT2D eigenvalue weighted by molar-refractivity contribution is 6.30. The minimum atomic E-state index is -0.534. The molecule has 0 spiro atoms. The maximum atomic E-state index is 12.7. The zero-order chi connectivity index (χ0) is 32.1. The molecule has 0 radical (unpaired) electrons. The Morgan fingerprint density at radius 3 is 1.75 bits per heavy atom. The van der Waals surface area contributed by atoms with Gasteiger partial charge in [-0.15, -0.1) is 0 Å². The van der Waals surface area contributed by atoms with E-state index in [1.807, 2.05) is 77.9 Å². The van der Waals surface area contributed by atoms with Gasteiger partial charge in [0.25, 0.3) is 0 Å². The SMILES string of the molecule is CC(C)(C)OC(=O)N1CCCCc2ccc(-c3cccc(Cl)c3)nc21.CC(C)(C)OC(=O)N1CCCCc2ccc(Cl)nc21. The van der Waals surface area contributed by atoms with E-state index >= 15 is 0 Å². The lowest BCUT2D eigenvalue weighted by molar-refractivity contribution is 0.0568. The molecule has 2 aromatic heterocycles. The highest BCUT2D eigenvalue weighted by atomic mass is 35.5. The molecule has 2 aliphatic heterocycles. The molecule has 2 aliphatic rings. The Bertz CT molecular complexity index is 1480. The molecule has 0 N–H and O–H groups in total. The van der Waals surface area contributed by atoms with E-state index in [9.17, 15) is 9.59 Å². The molecule has 44 heavy (non-hydrogen) atoms. The number of carbonyl (C=O) groups excluding carboxylic acids is 2. The summed E-state index contributed by atoms with van der Waals surface area (Å²) in [5.41, 5.74) is 2.82. The van der Waals surface area contributed by atoms with Gasteiger partial charge in [0, 0.05) is 23.7 Å². The first-order valence-electron chi connectivity index (χ1n) is 15.1. The number of hydrogen-bond donors (Lipinski definition) is 0. The summed E-state index contributed by atoms with van der Waals surface area (Å²) in [7, 11) is 0. The summed E-state index contributed by atoms with van der Waals surface area (Å²) >= 11 is 12.0. The fourth-order valence-corrected chi connectivity index (χ4v) is 5.30. The Hall–Kier alpha value is -3.36. The average molecular weight is 642 g/mol. The minimum Gasteiger partial charge on any atom is -0.443 e. The Morgan fingerprint density at radius 1 is 0.705 bits per heavy atom. The number of ether oxygens (including phenoxy) is 2. The third kappa shape index (κ3) is 9.32. The van der Waals surface area contributed by atoms with Crippen LogP contribution in [0.1, 0.15) is 78.4 Å². The van der Waals surface area contributed by atoms with Gasteiger partial charge in [-0.3, -0.25) is 9.80 Å². The predicted molar refractivity (Wildman–Crippen MR) is 177 cm³/mol. The summed E-state index contributed by atoms with van der Waals surface area (Å²) < 4.78 is 11.0. The van der Waals surface area contributed by atoms with Gasteiger partial charge in [-0.2, -0.15) is 0 Å². The summed E-state index contributed by atoms with van der Waals surface area (Å²) in [5, 5.41) is 1.06. The topological polar surface area (TPSA) is 84.9 Å². The molecule has 8 nitrogen and oxygen atoms in total. The molecule has 0 saturated carbocycles. The number of anilines is 2. The summed E-state index contributed by atoms with van der Waals surface area (Å²) in [6, 6.07) is 15.3. The van der Waals surface area contributed by atoms with E-state index in [4.69, 9.17) is 37.7 Å². The van der Waals surface area contributed by atoms with E-state index in [2.05, 4.69) is 11.1 Å². The van der Waals surface area contributed by atoms with Gasteiger partial charge in [0.05, 0.1) is 5.69 Å². The molecule has 0 saturated heterocycles. The summed E-state index contributed by atoms with van der Waals surface area (Å²) in [6.45, 7) is 12.4. The standard InChI is InChI=1S/C20H23ClN2O2.C14H19ClN2O2/c1-20(2,3)25-19(24)23-12-5-4-7-14-10-11-17(22-18(14)23)15-8-6-9-16(21)13-15;1-14(2,3)19-13(18)17-9-5-4-6-10-7-8-11(15)16-12(10)17/h6,8-11,13H,4-5,7,12H2,1-3H3;7-8H,4-6,9H2,1-3H3. The smallest absolute Gasteiger partial charge is 0.416 e. The second-order valence-corrected chi connectivity index (χ2v) is 13.8. The van der Waals surface area contributed by atoms with Crippen molar-refractivity contribution >= 4 is 47.0 Å². The number of benzene rings is 1. The first-order chi connectivity index (χ1) is 20.7. The Balaban J connectivity index is 0.000000209. The van der Waals surface area contributed by atoms with Crippen LogP contribution in [0, 0.1) is 0 Å². The van der Waals surface area contributed by atoms with Crippen molar-refractivity contribution in [3.8, 4) is 11.3 Å². The number of aromatic nitrogens is 2. The number of halogens is 2. The molecule has 1 aromatic carbocycles. The summed E-state index contributed by atoms with van der Waals surface area (Å²) in [4.78, 5) is 37.3. The molecule has 0 aliphatic carbocycles. The summed E-state index contributed by atoms with van der Waals surface area (Å²) in [6.07, 6.45) is 5.07. The molecule has 0 bridgehead atoms. The van der Waals surface area contributed by atoms with Crippen LogP contribution in [-0.4, -0.2) is 46.4 Å². The van der Waals surface area contributed by atoms with Crippen molar-refractivity contribution in [1.82, 2.24) is 9.97 Å². The second kappa shape index (κ2) is 14.2. The van der Waals surface area contributed by atoms with Crippen LogP contribution in [0.4, 0.5) is 21.2 Å². The zero-order valence-electron chi connectivity index (χ0n) is 26.5. The van der Waals surface area contributed by atoms with E-state index in [1.54, 1.807) is 15.9 Å². The van der Waals surface area contributed by atoms with E-state index in [0.29, 0.717) is 34.9 Å². The highest BCUT2D eigenvalue weighted by Gasteiger charge is 2.29. The van der Waals surface area contributed by atoms with Crippen LogP contribution in [0.2, 0.25) is 10.2 Å². The lowest BCUT2D eigenvalue weighted by atomic mass is 10.1. The monoisotopic (exact) mass is 640 g/mol. The molecule has 0 unspecified atom stereocenters. The fraction of sp³-hybridized carbons (Fsp3) is 0.471. The van der Waals surface area contributed by atoms with Crippen molar-refractivity contribution in [2.45, 2.75) is 91.3 Å². The van der Waals surface area contributed by atoms with Crippen LogP contribution in [0.25, 0.3) is 11.3 Å². The van der Waals surface area contributed by atoms with Crippen LogP contribution in [0.3, 0.4) is 0 Å². The number of aryl methyl sites for hydroxylation is 2. The van der Waals surface area contributed by atoms with Gasteiger partial charge in [-0.05, 0) is 115 Å². The lowest BCUT2D eigenvalue weighted by Crippen LogP contribution is -2.38. The third-order valence-electron chi connectivity index (χ3n) is 6.89. The number of amides is 2. The molecule has 10 heteroatoms. The van der Waals surface area contributed by atoms with Gasteiger partial charge >= 0.3 is 12.2 Å². The van der Waals surface area contributed by atoms with Gasteiger partial charge in [0.15, 0.2) is 0 Å². The van der Waals surface area contributed by atoms with E-state index in [0.717, 1.165) is 60.9 Å². The molecule has 5 rings (SSSR count). The molecule has 2 amide bonds. The predicted octanol–water partition coefficient (Wildman–Crippen LogP) is 9.29. The second-order valence-electron chi connectivity index (χ2n) is 13.0. The van der Waals surface area contributed by atoms with Crippen molar-refractivity contribution in [3.63, 3.8) is 0 Å². The number of carbonyl (C=O) groups is 2. The zero-order valence-corrected chi connectivity index (χ0v) is 28.0. The number of pyridine rings is 2. The van der Waals surface area contributed by atoms with Crippen LogP contribution in [-0.2, 0) is 22.3 Å². The van der Waals surface area contributed by atoms with Gasteiger partial charge in [-0.25, -0.2) is 19.6 Å². The molecular formula is C34H42Cl2N4O4. The highest BCUT2D eigenvalue weighted by Crippen LogP contribution is 2.31. The van der Waals surface area contributed by atoms with Crippen LogP contribution >= 0.6 is 23.2 Å². The van der Waals surface area contributed by atoms with Gasteiger partial charge in [0.2, 0.25) is 0 Å². The molecule has 236 valence electrons. The van der Waals surface area contributed by atoms with Crippen molar-refractivity contribution in [1.29, 1.82) is 0 Å². The lowest BCUT2D eigenvalue weighted by Gasteiger charge is -2.27. The molecule has 0 fully saturated rings. The van der Waals surface area contributed by atoms with E-state index < -0.39 is 11.2 Å². The maximum absolute atomic E-state index is 12.7. The van der Waals surface area contributed by atoms with Crippen LogP contribution < -0.4 is 9.80 Å². The van der Waals surface area contributed by atoms with E-state index in [-0.39, 0.29) is 12.2 Å². The van der Waals surface area contributed by atoms with Crippen molar-refractivity contribution < 1.29 is 19.1 Å². The Kier molecular flexibility index (Phi) is 10.8. The number of rotatable bonds is 1. The quantitative estimate of drug-likeness (QED) is 0.246. The minimum absolute atomic E-state index is 0.341. The molecule has 3 aromatic rings.